The summed E-state index contributed by atoms with van der Waals surface area (Å²) in [6, 6.07) is 10.8. The van der Waals surface area contributed by atoms with Crippen LogP contribution in [0.25, 0.3) is 0 Å². The molecule has 3 rings (SSSR count). The van der Waals surface area contributed by atoms with Crippen LogP contribution in [0.4, 0.5) is 8.78 Å². The number of rotatable bonds is 3. The number of hydrogen-bond donors (Lipinski definition) is 0. The topological polar surface area (TPSA) is 34.1 Å². The molecule has 0 aromatic heterocycles. The molecule has 0 N–H and O–H groups in total. The molecule has 2 aromatic carbocycles. The van der Waals surface area contributed by atoms with Gasteiger partial charge >= 0.3 is 0 Å². The lowest BCUT2D eigenvalue weighted by Crippen LogP contribution is -2.18. The smallest absolute Gasteiger partial charge is 0.271 e. The van der Waals surface area contributed by atoms with Crippen LogP contribution in [0.3, 0.4) is 0 Å². The Bertz CT molecular complexity index is 879. The van der Waals surface area contributed by atoms with Gasteiger partial charge in [0.2, 0.25) is 0 Å². The normalized spacial score (nSPS) is 14.4. The van der Waals surface area contributed by atoms with Gasteiger partial charge in [0.05, 0.1) is 0 Å². The van der Waals surface area contributed by atoms with E-state index in [-0.39, 0.29) is 34.1 Å². The predicted molar refractivity (Wildman–Crippen MR) is 87.9 cm³/mol. The minimum absolute atomic E-state index is 0.0309. The zero-order valence-corrected chi connectivity index (χ0v) is 13.5. The van der Waals surface area contributed by atoms with Crippen LogP contribution in [0, 0.1) is 0 Å². The van der Waals surface area contributed by atoms with Crippen molar-refractivity contribution < 1.29 is 18.4 Å². The van der Waals surface area contributed by atoms with E-state index in [0.717, 1.165) is 6.92 Å². The summed E-state index contributed by atoms with van der Waals surface area (Å²) in [6.45, 7) is 0.767. The number of carbonyl (C=O) groups is 2. The van der Waals surface area contributed by atoms with Crippen molar-refractivity contribution in [2.45, 2.75) is 19.3 Å². The molecule has 0 unspecified atom stereocenters. The first kappa shape index (κ1) is 16.5. The number of Topliss-reactive ketones (excluding diaryl/α,β-unsaturated/α-hetero) is 1. The van der Waals surface area contributed by atoms with Gasteiger partial charge in [-0.3, -0.25) is 9.59 Å². The summed E-state index contributed by atoms with van der Waals surface area (Å²) >= 11 is 5.83. The molecule has 0 spiro atoms. The quantitative estimate of drug-likeness (QED) is 0.783. The lowest BCUT2D eigenvalue weighted by atomic mass is 9.86. The molecular weight excluding hydrogens is 334 g/mol. The first-order valence-corrected chi connectivity index (χ1v) is 7.70. The third-order valence-electron chi connectivity index (χ3n) is 3.93. The van der Waals surface area contributed by atoms with E-state index in [1.807, 2.05) is 0 Å². The molecule has 1 aliphatic carbocycles. The number of alkyl halides is 2. The standard InChI is InChI=1S/C19H13ClF2O2/c1-19(21,22)15-9-11(6-7-16(15)20)8-12-10-17(23)13-4-2-3-5-14(13)18(12)24/h2-7,9-10H,8H2,1H3. The molecule has 0 radical (unpaired) electrons. The summed E-state index contributed by atoms with van der Waals surface area (Å²) in [6.07, 6.45) is 1.38. The summed E-state index contributed by atoms with van der Waals surface area (Å²) in [5.41, 5.74) is 1.20. The average Bonchev–Trinajstić information content (AvgIpc) is 2.53. The second-order valence-electron chi connectivity index (χ2n) is 5.79. The molecule has 2 nitrogen and oxygen atoms in total. The van der Waals surface area contributed by atoms with Gasteiger partial charge in [-0.25, -0.2) is 8.78 Å². The van der Waals surface area contributed by atoms with Crippen LogP contribution < -0.4 is 0 Å². The Kier molecular flexibility index (Phi) is 4.10. The van der Waals surface area contributed by atoms with Crippen molar-refractivity contribution in [3.63, 3.8) is 0 Å². The number of halogens is 3. The van der Waals surface area contributed by atoms with Gasteiger partial charge in [-0.05, 0) is 23.8 Å². The highest BCUT2D eigenvalue weighted by Gasteiger charge is 2.29. The fraction of sp³-hybridized carbons (Fsp3) is 0.158. The third kappa shape index (κ3) is 3.02. The Morgan fingerprint density at radius 2 is 1.71 bits per heavy atom. The van der Waals surface area contributed by atoms with E-state index in [1.54, 1.807) is 30.3 Å². The van der Waals surface area contributed by atoms with Gasteiger partial charge in [0.1, 0.15) is 0 Å². The van der Waals surface area contributed by atoms with E-state index < -0.39 is 5.92 Å². The number of hydrogen-bond acceptors (Lipinski definition) is 2. The van der Waals surface area contributed by atoms with Crippen LogP contribution in [0.5, 0.6) is 0 Å². The van der Waals surface area contributed by atoms with Crippen molar-refractivity contribution in [2.24, 2.45) is 0 Å². The SMILES string of the molecule is CC(F)(F)c1cc(CC2=CC(=O)c3ccccc3C2=O)ccc1Cl. The van der Waals surface area contributed by atoms with Crippen LogP contribution in [0.15, 0.2) is 54.1 Å². The zero-order valence-electron chi connectivity index (χ0n) is 12.8. The van der Waals surface area contributed by atoms with E-state index in [9.17, 15) is 18.4 Å². The molecule has 5 heteroatoms. The Labute approximate surface area is 142 Å². The first-order valence-electron chi connectivity index (χ1n) is 7.33. The molecule has 0 amide bonds. The van der Waals surface area contributed by atoms with E-state index in [0.29, 0.717) is 16.7 Å². The molecule has 0 heterocycles. The Morgan fingerprint density at radius 3 is 2.38 bits per heavy atom. The number of fused-ring (bicyclic) bond motifs is 1. The molecule has 0 saturated heterocycles. The average molecular weight is 347 g/mol. The van der Waals surface area contributed by atoms with Crippen molar-refractivity contribution in [1.29, 1.82) is 0 Å². The first-order chi connectivity index (χ1) is 11.3. The van der Waals surface area contributed by atoms with Crippen LogP contribution >= 0.6 is 11.6 Å². The predicted octanol–water partition coefficient (Wildman–Crippen LogP) is 5.00. The molecule has 122 valence electrons. The van der Waals surface area contributed by atoms with Gasteiger partial charge in [0.25, 0.3) is 5.92 Å². The minimum Gasteiger partial charge on any atom is -0.289 e. The third-order valence-corrected chi connectivity index (χ3v) is 4.26. The molecular formula is C19H13ClF2O2. The summed E-state index contributed by atoms with van der Waals surface area (Å²) < 4.78 is 27.2. The molecule has 1 aliphatic rings. The number of allylic oxidation sites excluding steroid dienone is 2. The molecule has 0 saturated carbocycles. The maximum Gasteiger partial charge on any atom is 0.271 e. The van der Waals surface area contributed by atoms with Crippen molar-refractivity contribution in [3.05, 3.63) is 81.4 Å². The van der Waals surface area contributed by atoms with Crippen molar-refractivity contribution in [3.8, 4) is 0 Å². The Balaban J connectivity index is 1.96. The van der Waals surface area contributed by atoms with E-state index in [4.69, 9.17) is 11.6 Å². The van der Waals surface area contributed by atoms with Gasteiger partial charge in [-0.2, -0.15) is 0 Å². The van der Waals surface area contributed by atoms with Crippen LogP contribution in [0.2, 0.25) is 5.02 Å². The fourth-order valence-electron chi connectivity index (χ4n) is 2.74. The van der Waals surface area contributed by atoms with Gasteiger partial charge in [0.15, 0.2) is 11.6 Å². The molecule has 0 aliphatic heterocycles. The minimum atomic E-state index is -3.08. The number of carbonyl (C=O) groups excluding carboxylic acids is 2. The molecule has 24 heavy (non-hydrogen) atoms. The van der Waals surface area contributed by atoms with Crippen molar-refractivity contribution in [1.82, 2.24) is 0 Å². The van der Waals surface area contributed by atoms with Gasteiger partial charge < -0.3 is 0 Å². The summed E-state index contributed by atoms with van der Waals surface area (Å²) in [5.74, 6) is -3.60. The van der Waals surface area contributed by atoms with Gasteiger partial charge in [-0.1, -0.05) is 41.9 Å². The number of ketones is 2. The monoisotopic (exact) mass is 346 g/mol. The van der Waals surface area contributed by atoms with Crippen LogP contribution in [0.1, 0.15) is 38.8 Å². The van der Waals surface area contributed by atoms with Crippen LogP contribution in [-0.2, 0) is 12.3 Å². The molecule has 2 aromatic rings. The molecule has 0 bridgehead atoms. The highest BCUT2D eigenvalue weighted by Crippen LogP contribution is 2.34. The summed E-state index contributed by atoms with van der Waals surface area (Å²) in [4.78, 5) is 24.7. The summed E-state index contributed by atoms with van der Waals surface area (Å²) in [7, 11) is 0. The maximum absolute atomic E-state index is 13.6. The van der Waals surface area contributed by atoms with Gasteiger partial charge in [-0.15, -0.1) is 0 Å². The highest BCUT2D eigenvalue weighted by molar-refractivity contribution is 6.31. The van der Waals surface area contributed by atoms with Crippen molar-refractivity contribution in [2.75, 3.05) is 0 Å². The Morgan fingerprint density at radius 1 is 1.04 bits per heavy atom. The van der Waals surface area contributed by atoms with E-state index >= 15 is 0 Å². The van der Waals surface area contributed by atoms with Gasteiger partial charge in [0, 0.05) is 40.6 Å². The number of benzene rings is 2. The second-order valence-corrected chi connectivity index (χ2v) is 6.20. The zero-order chi connectivity index (χ0) is 17.5. The van der Waals surface area contributed by atoms with Crippen LogP contribution in [-0.4, -0.2) is 11.6 Å². The highest BCUT2D eigenvalue weighted by atomic mass is 35.5. The summed E-state index contributed by atoms with van der Waals surface area (Å²) in [5, 5.41) is -0.0309. The van der Waals surface area contributed by atoms with Crippen molar-refractivity contribution >= 4 is 23.2 Å². The largest absolute Gasteiger partial charge is 0.289 e. The lowest BCUT2D eigenvalue weighted by molar-refractivity contribution is 0.0175. The van der Waals surface area contributed by atoms with E-state index in [1.165, 1.54) is 18.2 Å². The maximum atomic E-state index is 13.6. The molecule has 0 fully saturated rings. The fourth-order valence-corrected chi connectivity index (χ4v) is 3.02. The Hall–Kier alpha value is -2.33. The molecule has 0 atom stereocenters. The second kappa shape index (κ2) is 5.95. The lowest BCUT2D eigenvalue weighted by Gasteiger charge is -2.17. The van der Waals surface area contributed by atoms with E-state index in [2.05, 4.69) is 0 Å².